The van der Waals surface area contributed by atoms with Crippen LogP contribution in [0.15, 0.2) is 71.6 Å². The van der Waals surface area contributed by atoms with Gasteiger partial charge < -0.3 is 5.32 Å². The Hall–Kier alpha value is -3.04. The van der Waals surface area contributed by atoms with Crippen LogP contribution in [0.4, 0.5) is 24.5 Å². The molecule has 0 saturated heterocycles. The number of anilines is 2. The smallest absolute Gasteiger partial charge is 0.321 e. The van der Waals surface area contributed by atoms with Gasteiger partial charge in [0, 0.05) is 12.6 Å². The molecule has 0 spiro atoms. The van der Waals surface area contributed by atoms with E-state index in [0.717, 1.165) is 28.1 Å². The quantitative estimate of drug-likeness (QED) is 0.504. The Bertz CT molecular complexity index is 1240. The molecule has 0 aliphatic carbocycles. The third-order valence-corrected chi connectivity index (χ3v) is 6.84. The van der Waals surface area contributed by atoms with Gasteiger partial charge in [-0.25, -0.2) is 8.42 Å². The lowest BCUT2D eigenvalue weighted by Gasteiger charge is -2.20. The number of hydrogen-bond donors (Lipinski definition) is 1. The number of sulfonamides is 1. The van der Waals surface area contributed by atoms with Crippen LogP contribution in [0.25, 0.3) is 0 Å². The number of nitrogens with zero attached hydrogens (tertiary/aromatic N) is 1. The molecule has 0 unspecified atom stereocenters. The Balaban J connectivity index is 1.80. The van der Waals surface area contributed by atoms with Crippen molar-refractivity contribution in [3.8, 4) is 0 Å². The van der Waals surface area contributed by atoms with Gasteiger partial charge in [0.15, 0.2) is 0 Å². The van der Waals surface area contributed by atoms with E-state index in [0.29, 0.717) is 5.69 Å². The molecule has 3 aromatic rings. The molecule has 32 heavy (non-hydrogen) atoms. The lowest BCUT2D eigenvalue weighted by atomic mass is 10.1. The summed E-state index contributed by atoms with van der Waals surface area (Å²) in [5, 5.41) is 2.30. The van der Waals surface area contributed by atoms with Crippen molar-refractivity contribution in [1.82, 2.24) is 0 Å². The standard InChI is InChI=1S/C22H18ClF3N2O3S/c1-14-3-10-18(11-4-14)32(30,31)28(2)17-8-5-15(6-9-17)21(29)27-20-13-16(22(24,25)26)7-12-19(20)23/h3-13H,1-2H3,(H,27,29). The zero-order valence-corrected chi connectivity index (χ0v) is 18.5. The van der Waals surface area contributed by atoms with Crippen LogP contribution in [0.5, 0.6) is 0 Å². The highest BCUT2D eigenvalue weighted by atomic mass is 35.5. The molecule has 0 atom stereocenters. The van der Waals surface area contributed by atoms with Crippen molar-refractivity contribution < 1.29 is 26.4 Å². The monoisotopic (exact) mass is 482 g/mol. The summed E-state index contributed by atoms with van der Waals surface area (Å²) in [5.41, 5.74) is 0.204. The van der Waals surface area contributed by atoms with Gasteiger partial charge in [-0.3, -0.25) is 9.10 Å². The van der Waals surface area contributed by atoms with Gasteiger partial charge in [0.2, 0.25) is 0 Å². The van der Waals surface area contributed by atoms with Crippen molar-refractivity contribution in [2.75, 3.05) is 16.7 Å². The molecule has 0 heterocycles. The fourth-order valence-electron chi connectivity index (χ4n) is 2.82. The van der Waals surface area contributed by atoms with E-state index in [1.165, 1.54) is 43.4 Å². The van der Waals surface area contributed by atoms with Gasteiger partial charge in [-0.1, -0.05) is 29.3 Å². The Kier molecular flexibility index (Phi) is 6.52. The normalized spacial score (nSPS) is 11.8. The number of aryl methyl sites for hydroxylation is 1. The summed E-state index contributed by atoms with van der Waals surface area (Å²) >= 11 is 5.91. The molecular weight excluding hydrogens is 465 g/mol. The van der Waals surface area contributed by atoms with Crippen LogP contribution in [-0.2, 0) is 16.2 Å². The first-order valence-electron chi connectivity index (χ1n) is 9.23. The molecular formula is C22H18ClF3N2O3S. The lowest BCUT2D eigenvalue weighted by Crippen LogP contribution is -2.26. The summed E-state index contributed by atoms with van der Waals surface area (Å²) in [7, 11) is -2.42. The van der Waals surface area contributed by atoms with Crippen LogP contribution >= 0.6 is 11.6 Å². The Morgan fingerprint density at radius 2 is 1.56 bits per heavy atom. The molecule has 5 nitrogen and oxygen atoms in total. The molecule has 1 amide bonds. The van der Waals surface area contributed by atoms with Gasteiger partial charge in [0.25, 0.3) is 15.9 Å². The summed E-state index contributed by atoms with van der Waals surface area (Å²) in [6.07, 6.45) is -4.58. The van der Waals surface area contributed by atoms with Crippen molar-refractivity contribution in [2.24, 2.45) is 0 Å². The zero-order valence-electron chi connectivity index (χ0n) is 16.9. The van der Waals surface area contributed by atoms with Gasteiger partial charge in [-0.15, -0.1) is 0 Å². The predicted octanol–water partition coefficient (Wildman–Crippen LogP) is 5.74. The van der Waals surface area contributed by atoms with E-state index in [-0.39, 0.29) is 21.2 Å². The van der Waals surface area contributed by atoms with Crippen LogP contribution in [0.3, 0.4) is 0 Å². The van der Waals surface area contributed by atoms with E-state index in [2.05, 4.69) is 5.32 Å². The van der Waals surface area contributed by atoms with Gasteiger partial charge in [-0.05, 0) is 61.5 Å². The molecule has 168 valence electrons. The average Bonchev–Trinajstić information content (AvgIpc) is 2.74. The summed E-state index contributed by atoms with van der Waals surface area (Å²) in [5.74, 6) is -0.693. The number of carbonyl (C=O) groups is 1. The first-order chi connectivity index (χ1) is 14.9. The predicted molar refractivity (Wildman–Crippen MR) is 118 cm³/mol. The minimum atomic E-state index is -4.58. The molecule has 1 N–H and O–H groups in total. The van der Waals surface area contributed by atoms with Gasteiger partial charge >= 0.3 is 6.18 Å². The third kappa shape index (κ3) is 5.05. The Morgan fingerprint density at radius 3 is 2.12 bits per heavy atom. The number of benzene rings is 3. The van der Waals surface area contributed by atoms with E-state index < -0.39 is 27.7 Å². The number of hydrogen-bond acceptors (Lipinski definition) is 3. The second-order valence-corrected chi connectivity index (χ2v) is 9.36. The van der Waals surface area contributed by atoms with Crippen LogP contribution in [-0.4, -0.2) is 21.4 Å². The summed E-state index contributed by atoms with van der Waals surface area (Å²) in [6.45, 7) is 1.84. The zero-order chi connectivity index (χ0) is 23.7. The molecule has 0 aliphatic heterocycles. The lowest BCUT2D eigenvalue weighted by molar-refractivity contribution is -0.137. The molecule has 0 bridgehead atoms. The van der Waals surface area contributed by atoms with E-state index in [4.69, 9.17) is 11.6 Å². The third-order valence-electron chi connectivity index (χ3n) is 4.71. The first-order valence-corrected chi connectivity index (χ1v) is 11.0. The van der Waals surface area contributed by atoms with Crippen LogP contribution < -0.4 is 9.62 Å². The van der Waals surface area contributed by atoms with Gasteiger partial charge in [-0.2, -0.15) is 13.2 Å². The Labute approximate surface area is 188 Å². The van der Waals surface area contributed by atoms with Crippen molar-refractivity contribution in [1.29, 1.82) is 0 Å². The fraction of sp³-hybridized carbons (Fsp3) is 0.136. The van der Waals surface area contributed by atoms with E-state index >= 15 is 0 Å². The van der Waals surface area contributed by atoms with Crippen molar-refractivity contribution >= 4 is 38.9 Å². The van der Waals surface area contributed by atoms with E-state index in [1.807, 2.05) is 6.92 Å². The molecule has 3 rings (SSSR count). The Morgan fingerprint density at radius 1 is 0.969 bits per heavy atom. The number of amides is 1. The van der Waals surface area contributed by atoms with Crippen LogP contribution in [0.1, 0.15) is 21.5 Å². The molecule has 0 fully saturated rings. The number of alkyl halides is 3. The van der Waals surface area contributed by atoms with E-state index in [9.17, 15) is 26.4 Å². The van der Waals surface area contributed by atoms with Crippen LogP contribution in [0, 0.1) is 6.92 Å². The van der Waals surface area contributed by atoms with Crippen LogP contribution in [0.2, 0.25) is 5.02 Å². The number of halogens is 4. The molecule has 10 heteroatoms. The molecule has 0 aromatic heterocycles. The SMILES string of the molecule is Cc1ccc(S(=O)(=O)N(C)c2ccc(C(=O)Nc3cc(C(F)(F)F)ccc3Cl)cc2)cc1. The summed E-state index contributed by atoms with van der Waals surface area (Å²) in [4.78, 5) is 12.6. The number of carbonyl (C=O) groups excluding carboxylic acids is 1. The highest BCUT2D eigenvalue weighted by Crippen LogP contribution is 2.34. The van der Waals surface area contributed by atoms with Gasteiger partial charge in [0.05, 0.1) is 26.9 Å². The van der Waals surface area contributed by atoms with E-state index in [1.54, 1.807) is 12.1 Å². The maximum atomic E-state index is 12.9. The molecule has 3 aromatic carbocycles. The highest BCUT2D eigenvalue weighted by Gasteiger charge is 2.31. The number of rotatable bonds is 5. The largest absolute Gasteiger partial charge is 0.416 e. The fourth-order valence-corrected chi connectivity index (χ4v) is 4.18. The molecule has 0 saturated carbocycles. The minimum absolute atomic E-state index is 0.0492. The molecule has 0 aliphatic rings. The first kappa shape index (κ1) is 23.6. The topological polar surface area (TPSA) is 66.5 Å². The van der Waals surface area contributed by atoms with Crippen molar-refractivity contribution in [3.05, 3.63) is 88.4 Å². The summed E-state index contributed by atoms with van der Waals surface area (Å²) < 4.78 is 65.4. The highest BCUT2D eigenvalue weighted by molar-refractivity contribution is 7.92. The molecule has 0 radical (unpaired) electrons. The van der Waals surface area contributed by atoms with Gasteiger partial charge in [0.1, 0.15) is 0 Å². The average molecular weight is 483 g/mol. The number of nitrogens with one attached hydrogen (secondary N) is 1. The maximum absolute atomic E-state index is 12.9. The maximum Gasteiger partial charge on any atom is 0.416 e. The minimum Gasteiger partial charge on any atom is -0.321 e. The van der Waals surface area contributed by atoms with Crippen molar-refractivity contribution in [3.63, 3.8) is 0 Å². The van der Waals surface area contributed by atoms with Crippen molar-refractivity contribution in [2.45, 2.75) is 18.0 Å². The second kappa shape index (κ2) is 8.84. The summed E-state index contributed by atoms with van der Waals surface area (Å²) in [6, 6.07) is 14.6. The second-order valence-electron chi connectivity index (χ2n) is 6.98.